The highest BCUT2D eigenvalue weighted by Crippen LogP contribution is 2.26. The molecule has 1 aliphatic heterocycles. The lowest BCUT2D eigenvalue weighted by atomic mass is 10.1. The van der Waals surface area contributed by atoms with Crippen molar-refractivity contribution >= 4 is 29.1 Å². The lowest BCUT2D eigenvalue weighted by Gasteiger charge is -2.21. The average molecular weight is 379 g/mol. The van der Waals surface area contributed by atoms with Crippen molar-refractivity contribution in [2.24, 2.45) is 5.92 Å². The van der Waals surface area contributed by atoms with Crippen molar-refractivity contribution in [3.05, 3.63) is 60.2 Å². The topological polar surface area (TPSA) is 69.7 Å². The van der Waals surface area contributed by atoms with Gasteiger partial charge in [0.25, 0.3) is 0 Å². The van der Waals surface area contributed by atoms with Gasteiger partial charge in [0.15, 0.2) is 0 Å². The van der Waals surface area contributed by atoms with Crippen LogP contribution in [-0.4, -0.2) is 42.8 Å². The van der Waals surface area contributed by atoms with Crippen molar-refractivity contribution in [3.8, 4) is 0 Å². The van der Waals surface area contributed by atoms with E-state index in [0.717, 1.165) is 23.4 Å². The molecule has 0 aliphatic carbocycles. The predicted molar refractivity (Wildman–Crippen MR) is 109 cm³/mol. The number of carbonyl (C=O) groups is 3. The van der Waals surface area contributed by atoms with Crippen LogP contribution in [-0.2, 0) is 20.8 Å². The lowest BCUT2D eigenvalue weighted by Crippen LogP contribution is -2.39. The van der Waals surface area contributed by atoms with Crippen LogP contribution in [0.25, 0.3) is 0 Å². The van der Waals surface area contributed by atoms with Crippen LogP contribution in [0, 0.1) is 5.92 Å². The molecule has 0 radical (unpaired) electrons. The minimum Gasteiger partial charge on any atom is -0.336 e. The maximum atomic E-state index is 12.7. The molecule has 2 aromatic carbocycles. The second kappa shape index (κ2) is 8.69. The molecule has 1 saturated heterocycles. The quantitative estimate of drug-likeness (QED) is 0.839. The van der Waals surface area contributed by atoms with Crippen molar-refractivity contribution < 1.29 is 14.4 Å². The molecule has 0 aromatic heterocycles. The maximum absolute atomic E-state index is 12.7. The van der Waals surface area contributed by atoms with E-state index >= 15 is 0 Å². The Morgan fingerprint density at radius 3 is 2.50 bits per heavy atom. The van der Waals surface area contributed by atoms with Crippen molar-refractivity contribution in [1.82, 2.24) is 4.90 Å². The molecule has 2 aromatic rings. The van der Waals surface area contributed by atoms with Crippen molar-refractivity contribution in [2.45, 2.75) is 19.8 Å². The molecule has 6 heteroatoms. The lowest BCUT2D eigenvalue weighted by molar-refractivity contribution is -0.137. The summed E-state index contributed by atoms with van der Waals surface area (Å²) in [6.07, 6.45) is 0.975. The number of amides is 3. The molecule has 1 atom stereocenters. The monoisotopic (exact) mass is 379 g/mol. The Balaban J connectivity index is 1.58. The molecule has 6 nitrogen and oxygen atoms in total. The molecule has 28 heavy (non-hydrogen) atoms. The van der Waals surface area contributed by atoms with Crippen molar-refractivity contribution in [1.29, 1.82) is 0 Å². The Labute approximate surface area is 165 Å². The van der Waals surface area contributed by atoms with Crippen LogP contribution < -0.4 is 10.2 Å². The number of carbonyl (C=O) groups excluding carboxylic acids is 3. The molecule has 146 valence electrons. The summed E-state index contributed by atoms with van der Waals surface area (Å²) in [5.41, 5.74) is 2.60. The minimum atomic E-state index is -0.437. The van der Waals surface area contributed by atoms with Gasteiger partial charge in [-0.2, -0.15) is 0 Å². The number of anilines is 2. The molecule has 3 rings (SSSR count). The Kier molecular flexibility index (Phi) is 6.09. The summed E-state index contributed by atoms with van der Waals surface area (Å²) in [5.74, 6) is -0.945. The summed E-state index contributed by atoms with van der Waals surface area (Å²) in [7, 11) is 1.60. The van der Waals surface area contributed by atoms with E-state index in [-0.39, 0.29) is 30.7 Å². The predicted octanol–water partition coefficient (Wildman–Crippen LogP) is 2.70. The molecule has 3 amide bonds. The van der Waals surface area contributed by atoms with Crippen LogP contribution in [0.5, 0.6) is 0 Å². The van der Waals surface area contributed by atoms with E-state index in [0.29, 0.717) is 6.54 Å². The van der Waals surface area contributed by atoms with Crippen LogP contribution >= 0.6 is 0 Å². The highest BCUT2D eigenvalue weighted by atomic mass is 16.2. The Morgan fingerprint density at radius 1 is 1.11 bits per heavy atom. The van der Waals surface area contributed by atoms with Crippen LogP contribution in [0.1, 0.15) is 18.9 Å². The second-order valence-corrected chi connectivity index (χ2v) is 6.99. The van der Waals surface area contributed by atoms with E-state index in [9.17, 15) is 14.4 Å². The van der Waals surface area contributed by atoms with E-state index in [4.69, 9.17) is 0 Å². The van der Waals surface area contributed by atoms with Gasteiger partial charge in [0.1, 0.15) is 0 Å². The fraction of sp³-hybridized carbons (Fsp3) is 0.318. The van der Waals surface area contributed by atoms with Crippen LogP contribution in [0.2, 0.25) is 0 Å². The van der Waals surface area contributed by atoms with Gasteiger partial charge < -0.3 is 15.1 Å². The minimum absolute atomic E-state index is 0.0487. The van der Waals surface area contributed by atoms with E-state index in [1.54, 1.807) is 11.9 Å². The number of likely N-dealkylation sites (N-methyl/N-ethyl adjacent to an activating group) is 1. The Hall–Kier alpha value is -3.15. The summed E-state index contributed by atoms with van der Waals surface area (Å²) in [5, 5.41) is 2.87. The molecule has 1 heterocycles. The van der Waals surface area contributed by atoms with Gasteiger partial charge in [-0.05, 0) is 30.2 Å². The summed E-state index contributed by atoms with van der Waals surface area (Å²) < 4.78 is 0. The van der Waals surface area contributed by atoms with Gasteiger partial charge in [-0.3, -0.25) is 14.4 Å². The number of benzene rings is 2. The number of aryl methyl sites for hydroxylation is 1. The standard InChI is InChI=1S/C22H25N3O3/c1-3-16-9-7-8-12-19(16)23-20(26)15-24(2)22(28)17-13-21(27)25(14-17)18-10-5-4-6-11-18/h4-12,17H,3,13-15H2,1-2H3,(H,23,26). The number of rotatable bonds is 6. The first-order valence-electron chi connectivity index (χ1n) is 9.47. The Bertz CT molecular complexity index is 866. The zero-order chi connectivity index (χ0) is 20.1. The van der Waals surface area contributed by atoms with Gasteiger partial charge in [-0.1, -0.05) is 43.3 Å². The summed E-state index contributed by atoms with van der Waals surface area (Å²) >= 11 is 0. The average Bonchev–Trinajstić information content (AvgIpc) is 3.10. The number of nitrogens with one attached hydrogen (secondary N) is 1. The van der Waals surface area contributed by atoms with Gasteiger partial charge in [0.05, 0.1) is 12.5 Å². The molecule has 1 N–H and O–H groups in total. The fourth-order valence-electron chi connectivity index (χ4n) is 3.48. The normalized spacial score (nSPS) is 16.1. The zero-order valence-electron chi connectivity index (χ0n) is 16.2. The summed E-state index contributed by atoms with van der Waals surface area (Å²) in [4.78, 5) is 40.5. The van der Waals surface area contributed by atoms with Crippen LogP contribution in [0.15, 0.2) is 54.6 Å². The third kappa shape index (κ3) is 4.39. The molecule has 0 bridgehead atoms. The van der Waals surface area contributed by atoms with E-state index in [2.05, 4.69) is 5.32 Å². The van der Waals surface area contributed by atoms with E-state index < -0.39 is 5.92 Å². The number of hydrogen-bond acceptors (Lipinski definition) is 3. The van der Waals surface area contributed by atoms with Gasteiger partial charge in [0.2, 0.25) is 17.7 Å². The zero-order valence-corrected chi connectivity index (χ0v) is 16.2. The van der Waals surface area contributed by atoms with Gasteiger partial charge in [-0.25, -0.2) is 0 Å². The fourth-order valence-corrected chi connectivity index (χ4v) is 3.48. The van der Waals surface area contributed by atoms with Crippen LogP contribution in [0.4, 0.5) is 11.4 Å². The molecule has 1 unspecified atom stereocenters. The van der Waals surface area contributed by atoms with E-state index in [1.165, 1.54) is 4.90 Å². The maximum Gasteiger partial charge on any atom is 0.243 e. The van der Waals surface area contributed by atoms with Gasteiger partial charge in [0, 0.05) is 31.4 Å². The number of para-hydroxylation sites is 2. The third-order valence-corrected chi connectivity index (χ3v) is 4.97. The third-order valence-electron chi connectivity index (χ3n) is 4.97. The largest absolute Gasteiger partial charge is 0.336 e. The smallest absolute Gasteiger partial charge is 0.243 e. The number of hydrogen-bond donors (Lipinski definition) is 1. The SMILES string of the molecule is CCc1ccccc1NC(=O)CN(C)C(=O)C1CC(=O)N(c2ccccc2)C1. The van der Waals surface area contributed by atoms with Gasteiger partial charge >= 0.3 is 0 Å². The number of nitrogens with zero attached hydrogens (tertiary/aromatic N) is 2. The Morgan fingerprint density at radius 2 is 1.79 bits per heavy atom. The highest BCUT2D eigenvalue weighted by Gasteiger charge is 2.36. The van der Waals surface area contributed by atoms with E-state index in [1.807, 2.05) is 61.5 Å². The van der Waals surface area contributed by atoms with Gasteiger partial charge in [-0.15, -0.1) is 0 Å². The molecular formula is C22H25N3O3. The molecular weight excluding hydrogens is 354 g/mol. The summed E-state index contributed by atoms with van der Waals surface area (Å²) in [6.45, 7) is 2.31. The molecule has 0 saturated carbocycles. The molecule has 1 fully saturated rings. The van der Waals surface area contributed by atoms with Crippen LogP contribution in [0.3, 0.4) is 0 Å². The van der Waals surface area contributed by atoms with Crippen molar-refractivity contribution in [3.63, 3.8) is 0 Å². The summed E-state index contributed by atoms with van der Waals surface area (Å²) in [6, 6.07) is 16.9. The second-order valence-electron chi connectivity index (χ2n) is 6.99. The molecule has 1 aliphatic rings. The first kappa shape index (κ1) is 19.6. The first-order chi connectivity index (χ1) is 13.5. The van der Waals surface area contributed by atoms with Crippen molar-refractivity contribution in [2.75, 3.05) is 30.4 Å². The molecule has 0 spiro atoms. The highest BCUT2D eigenvalue weighted by molar-refractivity contribution is 6.01. The first-order valence-corrected chi connectivity index (χ1v) is 9.47.